The summed E-state index contributed by atoms with van der Waals surface area (Å²) >= 11 is 17.9. The largest absolute Gasteiger partial charge is 0.371 e. The van der Waals surface area contributed by atoms with Crippen molar-refractivity contribution in [1.29, 1.82) is 0 Å². The fraction of sp³-hybridized carbons (Fsp3) is 0.312. The van der Waals surface area contributed by atoms with E-state index in [4.69, 9.17) is 39.5 Å². The number of hydrogen-bond acceptors (Lipinski definition) is 3. The van der Waals surface area contributed by atoms with Crippen LogP contribution in [-0.2, 0) is 11.3 Å². The normalized spacial score (nSPS) is 19.3. The summed E-state index contributed by atoms with van der Waals surface area (Å²) in [5, 5.41) is 1.63. The molecule has 1 aliphatic rings. The van der Waals surface area contributed by atoms with Gasteiger partial charge in [0.25, 0.3) is 0 Å². The van der Waals surface area contributed by atoms with Crippen LogP contribution >= 0.6 is 34.8 Å². The summed E-state index contributed by atoms with van der Waals surface area (Å²) in [5.41, 5.74) is 2.19. The van der Waals surface area contributed by atoms with E-state index in [9.17, 15) is 0 Å². The molecule has 6 heteroatoms. The van der Waals surface area contributed by atoms with Gasteiger partial charge in [-0.3, -0.25) is 4.90 Å². The van der Waals surface area contributed by atoms with Gasteiger partial charge in [-0.25, -0.2) is 4.98 Å². The number of morpholine rings is 1. The summed E-state index contributed by atoms with van der Waals surface area (Å²) in [6.45, 7) is 3.21. The van der Waals surface area contributed by atoms with Crippen LogP contribution < -0.4 is 0 Å². The van der Waals surface area contributed by atoms with Gasteiger partial charge in [0.15, 0.2) is 0 Å². The molecule has 1 aromatic heterocycles. The van der Waals surface area contributed by atoms with E-state index < -0.39 is 0 Å². The SMILES string of the molecule is Clc1ccc(CN2CCOC(c3ccc(Cl)c(Cl)c3)C2)cn1. The zero-order chi connectivity index (χ0) is 15.5. The van der Waals surface area contributed by atoms with Crippen molar-refractivity contribution < 1.29 is 4.74 Å². The Labute approximate surface area is 144 Å². The molecule has 3 nitrogen and oxygen atoms in total. The Kier molecular flexibility index (Phi) is 5.21. The molecule has 1 fully saturated rings. The standard InChI is InChI=1S/C16H15Cl3N2O/c17-13-3-2-12(7-14(13)18)15-10-21(5-6-22-15)9-11-1-4-16(19)20-8-11/h1-4,7-8,15H,5-6,9-10H2. The van der Waals surface area contributed by atoms with Gasteiger partial charge in [-0.15, -0.1) is 0 Å². The molecule has 1 aliphatic heterocycles. The quantitative estimate of drug-likeness (QED) is 0.750. The average Bonchev–Trinajstić information content (AvgIpc) is 2.53. The first-order valence-electron chi connectivity index (χ1n) is 7.01. The van der Waals surface area contributed by atoms with E-state index in [0.717, 1.165) is 30.8 Å². The molecular formula is C16H15Cl3N2O. The van der Waals surface area contributed by atoms with Crippen molar-refractivity contribution in [2.75, 3.05) is 19.7 Å². The summed E-state index contributed by atoms with van der Waals surface area (Å²) in [6, 6.07) is 9.46. The first-order valence-corrected chi connectivity index (χ1v) is 8.14. The number of rotatable bonds is 3. The Morgan fingerprint density at radius 1 is 1.14 bits per heavy atom. The molecule has 2 heterocycles. The molecule has 1 saturated heterocycles. The van der Waals surface area contributed by atoms with Crippen LogP contribution in [0.3, 0.4) is 0 Å². The van der Waals surface area contributed by atoms with Gasteiger partial charge in [-0.05, 0) is 29.3 Å². The van der Waals surface area contributed by atoms with Crippen LogP contribution in [0.25, 0.3) is 0 Å². The van der Waals surface area contributed by atoms with Crippen LogP contribution in [-0.4, -0.2) is 29.6 Å². The van der Waals surface area contributed by atoms with Gasteiger partial charge >= 0.3 is 0 Å². The Balaban J connectivity index is 1.68. The van der Waals surface area contributed by atoms with Crippen LogP contribution in [0.4, 0.5) is 0 Å². The highest BCUT2D eigenvalue weighted by Crippen LogP contribution is 2.29. The molecule has 22 heavy (non-hydrogen) atoms. The number of nitrogens with zero attached hydrogens (tertiary/aromatic N) is 2. The summed E-state index contributed by atoms with van der Waals surface area (Å²) < 4.78 is 5.87. The monoisotopic (exact) mass is 356 g/mol. The summed E-state index contributed by atoms with van der Waals surface area (Å²) in [4.78, 5) is 6.45. The van der Waals surface area contributed by atoms with Crippen molar-refractivity contribution in [1.82, 2.24) is 9.88 Å². The predicted molar refractivity (Wildman–Crippen MR) is 89.7 cm³/mol. The second kappa shape index (κ2) is 7.16. The molecular weight excluding hydrogens is 343 g/mol. The molecule has 0 aliphatic carbocycles. The molecule has 1 unspecified atom stereocenters. The minimum Gasteiger partial charge on any atom is -0.371 e. The van der Waals surface area contributed by atoms with Gasteiger partial charge in [0.2, 0.25) is 0 Å². The van der Waals surface area contributed by atoms with E-state index in [-0.39, 0.29) is 6.10 Å². The molecule has 0 radical (unpaired) electrons. The van der Waals surface area contributed by atoms with Crippen molar-refractivity contribution in [3.8, 4) is 0 Å². The third-order valence-corrected chi connectivity index (χ3v) is 4.62. The van der Waals surface area contributed by atoms with Crippen molar-refractivity contribution in [2.45, 2.75) is 12.6 Å². The van der Waals surface area contributed by atoms with Gasteiger partial charge in [-0.1, -0.05) is 46.9 Å². The van der Waals surface area contributed by atoms with Crippen LogP contribution in [0.15, 0.2) is 36.5 Å². The van der Waals surface area contributed by atoms with Crippen molar-refractivity contribution >= 4 is 34.8 Å². The topological polar surface area (TPSA) is 25.4 Å². The molecule has 116 valence electrons. The maximum atomic E-state index is 6.09. The summed E-state index contributed by atoms with van der Waals surface area (Å²) in [5.74, 6) is 0. The maximum Gasteiger partial charge on any atom is 0.129 e. The van der Waals surface area contributed by atoms with E-state index >= 15 is 0 Å². The summed E-state index contributed by atoms with van der Waals surface area (Å²) in [7, 11) is 0. The van der Waals surface area contributed by atoms with Crippen LogP contribution in [0.1, 0.15) is 17.2 Å². The second-order valence-electron chi connectivity index (χ2n) is 5.26. The lowest BCUT2D eigenvalue weighted by atomic mass is 10.1. The Bertz CT molecular complexity index is 648. The number of hydrogen-bond donors (Lipinski definition) is 0. The number of ether oxygens (including phenoxy) is 1. The highest BCUT2D eigenvalue weighted by molar-refractivity contribution is 6.42. The van der Waals surface area contributed by atoms with E-state index in [1.54, 1.807) is 0 Å². The minimum atomic E-state index is 0.00350. The summed E-state index contributed by atoms with van der Waals surface area (Å²) in [6.07, 6.45) is 1.81. The fourth-order valence-corrected chi connectivity index (χ4v) is 2.94. The van der Waals surface area contributed by atoms with E-state index in [0.29, 0.717) is 21.8 Å². The van der Waals surface area contributed by atoms with Gasteiger partial charge in [0.05, 0.1) is 22.8 Å². The van der Waals surface area contributed by atoms with Crippen LogP contribution in [0.5, 0.6) is 0 Å². The first-order chi connectivity index (χ1) is 10.6. The van der Waals surface area contributed by atoms with Crippen LogP contribution in [0, 0.1) is 0 Å². The molecule has 3 rings (SSSR count). The minimum absolute atomic E-state index is 0.00350. The Hall–Kier alpha value is -0.840. The molecule has 0 spiro atoms. The zero-order valence-corrected chi connectivity index (χ0v) is 14.1. The van der Waals surface area contributed by atoms with E-state index in [2.05, 4.69) is 9.88 Å². The predicted octanol–water partition coefficient (Wildman–Crippen LogP) is 4.62. The molecule has 1 aromatic carbocycles. The zero-order valence-electron chi connectivity index (χ0n) is 11.8. The molecule has 0 saturated carbocycles. The number of halogens is 3. The van der Waals surface area contributed by atoms with Crippen molar-refractivity contribution in [3.05, 3.63) is 62.9 Å². The lowest BCUT2D eigenvalue weighted by Crippen LogP contribution is -2.37. The molecule has 1 atom stereocenters. The smallest absolute Gasteiger partial charge is 0.129 e. The van der Waals surface area contributed by atoms with Crippen LogP contribution in [0.2, 0.25) is 15.2 Å². The number of pyridine rings is 1. The molecule has 0 N–H and O–H groups in total. The second-order valence-corrected chi connectivity index (χ2v) is 6.46. The van der Waals surface area contributed by atoms with Gasteiger partial charge in [0, 0.05) is 25.8 Å². The van der Waals surface area contributed by atoms with Gasteiger partial charge in [0.1, 0.15) is 5.15 Å². The fourth-order valence-electron chi connectivity index (χ4n) is 2.52. The lowest BCUT2D eigenvalue weighted by Gasteiger charge is -2.33. The third kappa shape index (κ3) is 3.92. The maximum absolute atomic E-state index is 6.09. The molecule has 0 amide bonds. The highest BCUT2D eigenvalue weighted by Gasteiger charge is 2.22. The average molecular weight is 358 g/mol. The van der Waals surface area contributed by atoms with Gasteiger partial charge < -0.3 is 4.74 Å². The lowest BCUT2D eigenvalue weighted by molar-refractivity contribution is -0.0329. The Morgan fingerprint density at radius 3 is 2.73 bits per heavy atom. The van der Waals surface area contributed by atoms with E-state index in [1.165, 1.54) is 0 Å². The molecule has 2 aromatic rings. The first kappa shape index (κ1) is 16.0. The van der Waals surface area contributed by atoms with E-state index in [1.807, 2.05) is 36.5 Å². The van der Waals surface area contributed by atoms with Crippen molar-refractivity contribution in [2.24, 2.45) is 0 Å². The number of aromatic nitrogens is 1. The van der Waals surface area contributed by atoms with Crippen molar-refractivity contribution in [3.63, 3.8) is 0 Å². The number of benzene rings is 1. The molecule has 0 bridgehead atoms. The highest BCUT2D eigenvalue weighted by atomic mass is 35.5. The Morgan fingerprint density at radius 2 is 2.00 bits per heavy atom. The third-order valence-electron chi connectivity index (χ3n) is 3.66. The van der Waals surface area contributed by atoms with Gasteiger partial charge in [-0.2, -0.15) is 0 Å².